The first-order chi connectivity index (χ1) is 15.1. The van der Waals surface area contributed by atoms with Crippen LogP contribution in [0.5, 0.6) is 0 Å². The van der Waals surface area contributed by atoms with Crippen LogP contribution in [0.15, 0.2) is 72.4 Å². The van der Waals surface area contributed by atoms with Crippen molar-refractivity contribution in [3.8, 4) is 0 Å². The maximum Gasteiger partial charge on any atom is 0.251 e. The molecular weight excluding hydrogens is 410 g/mol. The van der Waals surface area contributed by atoms with Gasteiger partial charge in [0.05, 0.1) is 12.3 Å². The minimum atomic E-state index is -0.183. The van der Waals surface area contributed by atoms with Crippen molar-refractivity contribution < 1.29 is 9.59 Å². The van der Waals surface area contributed by atoms with Gasteiger partial charge < -0.3 is 15.2 Å². The van der Waals surface area contributed by atoms with Crippen LogP contribution < -0.4 is 10.6 Å². The van der Waals surface area contributed by atoms with Crippen molar-refractivity contribution in [2.24, 2.45) is 0 Å². The third-order valence-corrected chi connectivity index (χ3v) is 5.52. The van der Waals surface area contributed by atoms with Crippen LogP contribution in [-0.4, -0.2) is 32.3 Å². The lowest BCUT2D eigenvalue weighted by Gasteiger charge is -2.10. The summed E-state index contributed by atoms with van der Waals surface area (Å²) < 4.78 is 1.84. The molecule has 2 amide bonds. The quantitative estimate of drug-likeness (QED) is 0.375. The van der Waals surface area contributed by atoms with E-state index in [-0.39, 0.29) is 24.1 Å². The molecule has 3 rings (SSSR count). The molecular formula is C23H25N5O2S. The van der Waals surface area contributed by atoms with Gasteiger partial charge in [-0.1, -0.05) is 61.2 Å². The Hall–Kier alpha value is -3.39. The smallest absolute Gasteiger partial charge is 0.251 e. The highest BCUT2D eigenvalue weighted by Gasteiger charge is 2.15. The SMILES string of the molecule is C=CCn1c(CNC(=O)c2ccccc2)nnc1SCC(=O)Nc1ccccc1CC. The number of nitrogens with zero attached hydrogens (tertiary/aromatic N) is 3. The monoisotopic (exact) mass is 435 g/mol. The summed E-state index contributed by atoms with van der Waals surface area (Å²) in [6.07, 6.45) is 2.57. The Morgan fingerprint density at radius 2 is 1.84 bits per heavy atom. The predicted octanol–water partition coefficient (Wildman–Crippen LogP) is 3.69. The predicted molar refractivity (Wildman–Crippen MR) is 123 cm³/mol. The Kier molecular flexibility index (Phi) is 8.00. The first-order valence-corrected chi connectivity index (χ1v) is 11.0. The summed E-state index contributed by atoms with van der Waals surface area (Å²) in [5.41, 5.74) is 2.50. The molecule has 2 N–H and O–H groups in total. The standard InChI is InChI=1S/C23H25N5O2S/c1-3-14-28-20(15-24-22(30)18-11-6-5-7-12-18)26-27-23(28)31-16-21(29)25-19-13-9-8-10-17(19)4-2/h3,5-13H,1,4,14-16H2,2H3,(H,24,30)(H,25,29). The van der Waals surface area contributed by atoms with Gasteiger partial charge in [0, 0.05) is 17.8 Å². The fourth-order valence-corrected chi connectivity index (χ4v) is 3.75. The second-order valence-corrected chi connectivity index (χ2v) is 7.64. The Balaban J connectivity index is 1.61. The zero-order valence-corrected chi connectivity index (χ0v) is 18.2. The molecule has 1 heterocycles. The van der Waals surface area contributed by atoms with Crippen molar-refractivity contribution in [2.45, 2.75) is 31.6 Å². The van der Waals surface area contributed by atoms with Gasteiger partial charge >= 0.3 is 0 Å². The van der Waals surface area contributed by atoms with Crippen molar-refractivity contribution in [3.05, 3.63) is 84.2 Å². The molecule has 0 atom stereocenters. The molecule has 1 aromatic heterocycles. The molecule has 160 valence electrons. The van der Waals surface area contributed by atoms with Crippen molar-refractivity contribution in [1.29, 1.82) is 0 Å². The van der Waals surface area contributed by atoms with E-state index >= 15 is 0 Å². The molecule has 0 unspecified atom stereocenters. The number of nitrogens with one attached hydrogen (secondary N) is 2. The largest absolute Gasteiger partial charge is 0.345 e. The summed E-state index contributed by atoms with van der Waals surface area (Å²) in [4.78, 5) is 24.7. The number of carbonyl (C=O) groups is 2. The van der Waals surface area contributed by atoms with Crippen LogP contribution in [0, 0.1) is 0 Å². The van der Waals surface area contributed by atoms with E-state index in [1.165, 1.54) is 11.8 Å². The van der Waals surface area contributed by atoms with Crippen molar-refractivity contribution in [3.63, 3.8) is 0 Å². The van der Waals surface area contributed by atoms with E-state index in [1.807, 2.05) is 47.0 Å². The lowest BCUT2D eigenvalue weighted by Crippen LogP contribution is -2.24. The number of allylic oxidation sites excluding steroid dienone is 1. The molecule has 0 saturated heterocycles. The summed E-state index contributed by atoms with van der Waals surface area (Å²) in [5.74, 6) is 0.502. The lowest BCUT2D eigenvalue weighted by molar-refractivity contribution is -0.113. The van der Waals surface area contributed by atoms with Gasteiger partial charge in [-0.05, 0) is 30.2 Å². The Bertz CT molecular complexity index is 1050. The molecule has 0 bridgehead atoms. The van der Waals surface area contributed by atoms with Crippen LogP contribution in [0.1, 0.15) is 28.7 Å². The zero-order valence-electron chi connectivity index (χ0n) is 17.4. The first-order valence-electron chi connectivity index (χ1n) is 9.99. The molecule has 0 aliphatic heterocycles. The first kappa shape index (κ1) is 22.3. The number of hydrogen-bond acceptors (Lipinski definition) is 5. The molecule has 8 heteroatoms. The average Bonchev–Trinajstić information content (AvgIpc) is 3.18. The maximum absolute atomic E-state index is 12.4. The number of thioether (sulfide) groups is 1. The van der Waals surface area contributed by atoms with E-state index in [1.54, 1.807) is 18.2 Å². The molecule has 0 aliphatic carbocycles. The molecule has 0 fully saturated rings. The number of para-hydroxylation sites is 1. The number of anilines is 1. The Labute approximate surface area is 186 Å². The normalized spacial score (nSPS) is 10.5. The molecule has 31 heavy (non-hydrogen) atoms. The van der Waals surface area contributed by atoms with Gasteiger partial charge in [0.25, 0.3) is 5.91 Å². The third kappa shape index (κ3) is 6.05. The van der Waals surface area contributed by atoms with E-state index < -0.39 is 0 Å². The summed E-state index contributed by atoms with van der Waals surface area (Å²) in [5, 5.41) is 14.8. The minimum absolute atomic E-state index is 0.113. The molecule has 0 radical (unpaired) electrons. The summed E-state index contributed by atoms with van der Waals surface area (Å²) in [6.45, 7) is 6.54. The van der Waals surface area contributed by atoms with Crippen LogP contribution in [0.25, 0.3) is 0 Å². The molecule has 0 aliphatic rings. The number of benzene rings is 2. The summed E-state index contributed by atoms with van der Waals surface area (Å²) in [6, 6.07) is 16.7. The number of amides is 2. The fourth-order valence-electron chi connectivity index (χ4n) is 2.99. The van der Waals surface area contributed by atoms with Gasteiger partial charge in [-0.3, -0.25) is 9.59 Å². The molecule has 0 spiro atoms. The highest BCUT2D eigenvalue weighted by molar-refractivity contribution is 7.99. The average molecular weight is 436 g/mol. The Morgan fingerprint density at radius 3 is 2.58 bits per heavy atom. The third-order valence-electron chi connectivity index (χ3n) is 4.55. The van der Waals surface area contributed by atoms with Crippen LogP contribution in [0.2, 0.25) is 0 Å². The van der Waals surface area contributed by atoms with Crippen LogP contribution in [-0.2, 0) is 24.3 Å². The van der Waals surface area contributed by atoms with E-state index in [2.05, 4.69) is 34.3 Å². The van der Waals surface area contributed by atoms with E-state index in [4.69, 9.17) is 0 Å². The van der Waals surface area contributed by atoms with Gasteiger partial charge in [0.2, 0.25) is 5.91 Å². The Morgan fingerprint density at radius 1 is 1.10 bits per heavy atom. The minimum Gasteiger partial charge on any atom is -0.345 e. The fraction of sp³-hybridized carbons (Fsp3) is 0.217. The number of aryl methyl sites for hydroxylation is 1. The highest BCUT2D eigenvalue weighted by atomic mass is 32.2. The number of carbonyl (C=O) groups excluding carboxylic acids is 2. The maximum atomic E-state index is 12.4. The summed E-state index contributed by atoms with van der Waals surface area (Å²) >= 11 is 1.30. The van der Waals surface area contributed by atoms with E-state index in [9.17, 15) is 9.59 Å². The van der Waals surface area contributed by atoms with Gasteiger partial charge in [-0.25, -0.2) is 0 Å². The topological polar surface area (TPSA) is 88.9 Å². The van der Waals surface area contributed by atoms with Gasteiger partial charge in [0.1, 0.15) is 0 Å². The van der Waals surface area contributed by atoms with Crippen molar-refractivity contribution in [1.82, 2.24) is 20.1 Å². The number of hydrogen-bond donors (Lipinski definition) is 2. The number of rotatable bonds is 10. The van der Waals surface area contributed by atoms with Crippen LogP contribution >= 0.6 is 11.8 Å². The lowest BCUT2D eigenvalue weighted by atomic mass is 10.1. The zero-order chi connectivity index (χ0) is 22.1. The highest BCUT2D eigenvalue weighted by Crippen LogP contribution is 2.20. The van der Waals surface area contributed by atoms with Crippen LogP contribution in [0.4, 0.5) is 5.69 Å². The second kappa shape index (κ2) is 11.1. The molecule has 7 nitrogen and oxygen atoms in total. The number of aromatic nitrogens is 3. The van der Waals surface area contributed by atoms with Crippen molar-refractivity contribution >= 4 is 29.3 Å². The second-order valence-electron chi connectivity index (χ2n) is 6.69. The molecule has 2 aromatic carbocycles. The van der Waals surface area contributed by atoms with E-state index in [0.29, 0.717) is 23.1 Å². The van der Waals surface area contributed by atoms with Gasteiger partial charge in [-0.15, -0.1) is 16.8 Å². The van der Waals surface area contributed by atoms with Gasteiger partial charge in [-0.2, -0.15) is 0 Å². The molecule has 3 aromatic rings. The summed E-state index contributed by atoms with van der Waals surface area (Å²) in [7, 11) is 0. The van der Waals surface area contributed by atoms with Crippen molar-refractivity contribution in [2.75, 3.05) is 11.1 Å². The van der Waals surface area contributed by atoms with Gasteiger partial charge in [0.15, 0.2) is 11.0 Å². The van der Waals surface area contributed by atoms with Crippen LogP contribution in [0.3, 0.4) is 0 Å². The van der Waals surface area contributed by atoms with E-state index in [0.717, 1.165) is 17.7 Å². The molecule has 0 saturated carbocycles.